The van der Waals surface area contributed by atoms with Crippen molar-refractivity contribution >= 4 is 5.91 Å². The van der Waals surface area contributed by atoms with Crippen LogP contribution in [-0.4, -0.2) is 72.9 Å². The summed E-state index contributed by atoms with van der Waals surface area (Å²) in [6.45, 7) is 10.7. The highest BCUT2D eigenvalue weighted by Gasteiger charge is 2.44. The molecule has 29 heavy (non-hydrogen) atoms. The van der Waals surface area contributed by atoms with Crippen LogP contribution in [0, 0.1) is 19.8 Å². The number of carbonyl (C=O) groups excluding carboxylic acids is 1. The molecule has 0 aromatic carbocycles. The summed E-state index contributed by atoms with van der Waals surface area (Å²) in [4.78, 5) is 17.2. The fraction of sp³-hybridized carbons (Fsp3) is 0.750. The normalized spacial score (nSPS) is 20.1. The summed E-state index contributed by atoms with van der Waals surface area (Å²) in [5.41, 5.74) is 1.55. The number of hydrogen-bond donors (Lipinski definition) is 0. The Morgan fingerprint density at radius 2 is 2.03 bits per heavy atom. The van der Waals surface area contributed by atoms with E-state index in [9.17, 15) is 4.79 Å². The van der Waals surface area contributed by atoms with Crippen molar-refractivity contribution in [3.8, 4) is 0 Å². The number of likely N-dealkylation sites (tertiary alicyclic amines) is 1. The number of likely N-dealkylation sites (N-methyl/N-ethyl adjacent to an activating group) is 1. The van der Waals surface area contributed by atoms with Crippen LogP contribution in [0.3, 0.4) is 0 Å². The Balaban J connectivity index is 1.82. The second-order valence-corrected chi connectivity index (χ2v) is 8.84. The molecule has 0 spiro atoms. The van der Waals surface area contributed by atoms with Crippen LogP contribution in [0.1, 0.15) is 50.3 Å². The van der Waals surface area contributed by atoms with Gasteiger partial charge in [-0.15, -0.1) is 5.10 Å². The molecule has 1 aliphatic heterocycles. The van der Waals surface area contributed by atoms with E-state index in [1.807, 2.05) is 29.5 Å². The van der Waals surface area contributed by atoms with Crippen molar-refractivity contribution in [2.45, 2.75) is 65.6 Å². The van der Waals surface area contributed by atoms with Gasteiger partial charge in [0.05, 0.1) is 5.69 Å². The molecule has 0 radical (unpaired) electrons. The first kappa shape index (κ1) is 21.4. The zero-order chi connectivity index (χ0) is 21.2. The number of amides is 1. The van der Waals surface area contributed by atoms with E-state index in [1.54, 1.807) is 4.68 Å². The molecule has 9 nitrogen and oxygen atoms in total. The standard InChI is InChI=1S/C20H34N8O/c1-15(2)8-11-27-19(21-23-24-27)20(25(5)6)9-7-10-26(14-20)18(29)13-28-17(4)12-16(3)22-28/h12,15H,7-11,13-14H2,1-6H3. The molecule has 1 fully saturated rings. The van der Waals surface area contributed by atoms with Gasteiger partial charge >= 0.3 is 0 Å². The summed E-state index contributed by atoms with van der Waals surface area (Å²) in [5.74, 6) is 1.52. The molecule has 1 amide bonds. The quantitative estimate of drug-likeness (QED) is 0.700. The number of carbonyl (C=O) groups is 1. The third-order valence-electron chi connectivity index (χ3n) is 5.93. The maximum Gasteiger partial charge on any atom is 0.244 e. The zero-order valence-electron chi connectivity index (χ0n) is 18.6. The number of tetrazole rings is 1. The van der Waals surface area contributed by atoms with Gasteiger partial charge in [-0.2, -0.15) is 5.10 Å². The van der Waals surface area contributed by atoms with Gasteiger partial charge < -0.3 is 4.90 Å². The van der Waals surface area contributed by atoms with Gasteiger partial charge in [0.2, 0.25) is 5.91 Å². The maximum atomic E-state index is 13.1. The van der Waals surface area contributed by atoms with E-state index in [0.29, 0.717) is 12.5 Å². The fourth-order valence-corrected chi connectivity index (χ4v) is 4.13. The summed E-state index contributed by atoms with van der Waals surface area (Å²) in [5, 5.41) is 17.1. The Labute approximate surface area is 173 Å². The second kappa shape index (κ2) is 8.61. The van der Waals surface area contributed by atoms with Gasteiger partial charge in [0, 0.05) is 25.3 Å². The Hall–Kier alpha value is -2.29. The predicted octanol–water partition coefficient (Wildman–Crippen LogP) is 1.61. The topological polar surface area (TPSA) is 85.0 Å². The molecular weight excluding hydrogens is 368 g/mol. The fourth-order valence-electron chi connectivity index (χ4n) is 4.13. The van der Waals surface area contributed by atoms with Crippen LogP contribution in [0.25, 0.3) is 0 Å². The predicted molar refractivity (Wildman–Crippen MR) is 110 cm³/mol. The van der Waals surface area contributed by atoms with E-state index in [4.69, 9.17) is 0 Å². The summed E-state index contributed by atoms with van der Waals surface area (Å²) in [7, 11) is 4.10. The number of aryl methyl sites for hydroxylation is 3. The molecule has 0 N–H and O–H groups in total. The van der Waals surface area contributed by atoms with Crippen LogP contribution in [0.4, 0.5) is 0 Å². The summed E-state index contributed by atoms with van der Waals surface area (Å²) < 4.78 is 3.71. The molecular formula is C20H34N8O. The molecule has 0 saturated carbocycles. The van der Waals surface area contributed by atoms with Crippen molar-refractivity contribution in [3.05, 3.63) is 23.3 Å². The molecule has 3 rings (SSSR count). The average molecular weight is 403 g/mol. The van der Waals surface area contributed by atoms with Gasteiger partial charge in [-0.05, 0) is 69.6 Å². The van der Waals surface area contributed by atoms with Gasteiger partial charge in [-0.1, -0.05) is 13.8 Å². The molecule has 0 aliphatic carbocycles. The molecule has 9 heteroatoms. The minimum absolute atomic E-state index is 0.0864. The Bertz CT molecular complexity index is 839. The van der Waals surface area contributed by atoms with Crippen molar-refractivity contribution < 1.29 is 4.79 Å². The number of aromatic nitrogens is 6. The van der Waals surface area contributed by atoms with E-state index in [2.05, 4.69) is 53.5 Å². The van der Waals surface area contributed by atoms with Crippen molar-refractivity contribution in [2.75, 3.05) is 27.2 Å². The largest absolute Gasteiger partial charge is 0.339 e. The Morgan fingerprint density at radius 1 is 1.28 bits per heavy atom. The van der Waals surface area contributed by atoms with Crippen LogP contribution in [0.15, 0.2) is 6.07 Å². The lowest BCUT2D eigenvalue weighted by atomic mass is 9.86. The highest BCUT2D eigenvalue weighted by atomic mass is 16.2. The average Bonchev–Trinajstić information content (AvgIpc) is 3.26. The lowest BCUT2D eigenvalue weighted by Crippen LogP contribution is -2.57. The van der Waals surface area contributed by atoms with Gasteiger partial charge in [-0.25, -0.2) is 4.68 Å². The van der Waals surface area contributed by atoms with E-state index in [-0.39, 0.29) is 18.0 Å². The number of piperidine rings is 1. The van der Waals surface area contributed by atoms with Gasteiger partial charge in [0.25, 0.3) is 0 Å². The van der Waals surface area contributed by atoms with E-state index >= 15 is 0 Å². The van der Waals surface area contributed by atoms with Crippen LogP contribution in [0.2, 0.25) is 0 Å². The minimum Gasteiger partial charge on any atom is -0.339 e. The first-order valence-electron chi connectivity index (χ1n) is 10.5. The van der Waals surface area contributed by atoms with Crippen molar-refractivity contribution in [3.63, 3.8) is 0 Å². The smallest absolute Gasteiger partial charge is 0.244 e. The van der Waals surface area contributed by atoms with Gasteiger partial charge in [0.15, 0.2) is 5.82 Å². The molecule has 2 aromatic rings. The highest BCUT2D eigenvalue weighted by molar-refractivity contribution is 5.76. The van der Waals surface area contributed by atoms with Crippen molar-refractivity contribution in [2.24, 2.45) is 5.92 Å². The maximum absolute atomic E-state index is 13.1. The third-order valence-corrected chi connectivity index (χ3v) is 5.93. The van der Waals surface area contributed by atoms with Crippen LogP contribution in [-0.2, 0) is 23.4 Å². The summed E-state index contributed by atoms with van der Waals surface area (Å²) in [6, 6.07) is 2.00. The lowest BCUT2D eigenvalue weighted by molar-refractivity contribution is -0.136. The highest BCUT2D eigenvalue weighted by Crippen LogP contribution is 2.35. The van der Waals surface area contributed by atoms with E-state index in [1.165, 1.54) is 0 Å². The van der Waals surface area contributed by atoms with Crippen LogP contribution < -0.4 is 0 Å². The molecule has 3 heterocycles. The van der Waals surface area contributed by atoms with E-state index < -0.39 is 0 Å². The molecule has 1 saturated heterocycles. The van der Waals surface area contributed by atoms with E-state index in [0.717, 1.165) is 49.6 Å². The third kappa shape index (κ3) is 4.49. The first-order valence-corrected chi connectivity index (χ1v) is 10.5. The number of hydrogen-bond acceptors (Lipinski definition) is 6. The van der Waals surface area contributed by atoms with Crippen molar-refractivity contribution in [1.82, 2.24) is 39.8 Å². The lowest BCUT2D eigenvalue weighted by Gasteiger charge is -2.45. The zero-order valence-corrected chi connectivity index (χ0v) is 18.6. The van der Waals surface area contributed by atoms with Gasteiger partial charge in [0.1, 0.15) is 12.1 Å². The molecule has 2 aromatic heterocycles. The number of rotatable bonds is 7. The number of nitrogens with zero attached hydrogens (tertiary/aromatic N) is 8. The summed E-state index contributed by atoms with van der Waals surface area (Å²) in [6.07, 6.45) is 2.85. The Morgan fingerprint density at radius 3 is 2.66 bits per heavy atom. The molecule has 160 valence electrons. The van der Waals surface area contributed by atoms with Crippen molar-refractivity contribution in [1.29, 1.82) is 0 Å². The van der Waals surface area contributed by atoms with Gasteiger partial charge in [-0.3, -0.25) is 14.4 Å². The minimum atomic E-state index is -0.385. The Kier molecular flexibility index (Phi) is 6.36. The second-order valence-electron chi connectivity index (χ2n) is 8.84. The monoisotopic (exact) mass is 402 g/mol. The van der Waals surface area contributed by atoms with Crippen LogP contribution in [0.5, 0.6) is 0 Å². The summed E-state index contributed by atoms with van der Waals surface area (Å²) >= 11 is 0. The molecule has 1 atom stereocenters. The SMILES string of the molecule is Cc1cc(C)n(CC(=O)N2CCCC(c3nnnn3CCC(C)C)(N(C)C)C2)n1. The molecule has 1 unspecified atom stereocenters. The van der Waals surface area contributed by atoms with Crippen LogP contribution >= 0.6 is 0 Å². The molecule has 0 bridgehead atoms. The molecule has 1 aliphatic rings. The first-order chi connectivity index (χ1) is 13.7.